The van der Waals surface area contributed by atoms with Crippen LogP contribution in [-0.2, 0) is 0 Å². The van der Waals surface area contributed by atoms with Crippen molar-refractivity contribution in [2.45, 2.75) is 116 Å². The Hall–Kier alpha value is -0.820. The molecule has 0 amide bonds. The van der Waals surface area contributed by atoms with Crippen LogP contribution in [0.15, 0.2) is 30.3 Å². The standard InChI is InChI=1S/C24H42O/c1-2-3-4-5-6-7-8-9-10-11-12-13-14-15-19-22-24(25)23-20-17-16-18-21-23/h16-18,20-21,24-25H,2-15,19,22H2,1H3. The smallest absolute Gasteiger partial charge is 0.0790 e. The molecule has 0 aliphatic rings. The van der Waals surface area contributed by atoms with E-state index in [2.05, 4.69) is 6.92 Å². The Morgan fingerprint density at radius 1 is 0.600 bits per heavy atom. The Labute approximate surface area is 157 Å². The van der Waals surface area contributed by atoms with E-state index in [9.17, 15) is 5.11 Å². The predicted molar refractivity (Wildman–Crippen MR) is 111 cm³/mol. The van der Waals surface area contributed by atoms with Crippen LogP contribution in [0.3, 0.4) is 0 Å². The third-order valence-corrected chi connectivity index (χ3v) is 5.27. The molecule has 0 bridgehead atoms. The molecule has 0 radical (unpaired) electrons. The Kier molecular flexibility index (Phi) is 14.8. The van der Waals surface area contributed by atoms with Gasteiger partial charge >= 0.3 is 0 Å². The molecule has 0 spiro atoms. The van der Waals surface area contributed by atoms with E-state index in [0.717, 1.165) is 18.4 Å². The Morgan fingerprint density at radius 2 is 1.00 bits per heavy atom. The van der Waals surface area contributed by atoms with Crippen molar-refractivity contribution in [2.24, 2.45) is 0 Å². The van der Waals surface area contributed by atoms with E-state index in [-0.39, 0.29) is 6.10 Å². The largest absolute Gasteiger partial charge is 0.388 e. The van der Waals surface area contributed by atoms with Gasteiger partial charge in [-0.15, -0.1) is 0 Å². The molecular weight excluding hydrogens is 304 g/mol. The Balaban J connectivity index is 1.77. The van der Waals surface area contributed by atoms with Crippen molar-refractivity contribution in [2.75, 3.05) is 0 Å². The van der Waals surface area contributed by atoms with Crippen molar-refractivity contribution < 1.29 is 5.11 Å². The van der Waals surface area contributed by atoms with Gasteiger partial charge in [-0.25, -0.2) is 0 Å². The number of aliphatic hydroxyl groups is 1. The fourth-order valence-electron chi connectivity index (χ4n) is 3.55. The third kappa shape index (κ3) is 13.1. The summed E-state index contributed by atoms with van der Waals surface area (Å²) in [6.45, 7) is 2.29. The van der Waals surface area contributed by atoms with Crippen molar-refractivity contribution in [1.29, 1.82) is 0 Å². The Morgan fingerprint density at radius 3 is 1.44 bits per heavy atom. The molecule has 0 saturated carbocycles. The highest BCUT2D eigenvalue weighted by atomic mass is 16.3. The molecule has 144 valence electrons. The van der Waals surface area contributed by atoms with Crippen molar-refractivity contribution in [1.82, 2.24) is 0 Å². The zero-order valence-corrected chi connectivity index (χ0v) is 16.7. The first-order valence-electron chi connectivity index (χ1n) is 11.1. The molecule has 1 N–H and O–H groups in total. The van der Waals surface area contributed by atoms with E-state index in [1.807, 2.05) is 30.3 Å². The van der Waals surface area contributed by atoms with Crippen LogP contribution in [-0.4, -0.2) is 5.11 Å². The number of benzene rings is 1. The van der Waals surface area contributed by atoms with Crippen LogP contribution in [0.5, 0.6) is 0 Å². The molecule has 1 unspecified atom stereocenters. The van der Waals surface area contributed by atoms with Crippen molar-refractivity contribution in [3.8, 4) is 0 Å². The topological polar surface area (TPSA) is 20.2 Å². The van der Waals surface area contributed by atoms with Crippen LogP contribution >= 0.6 is 0 Å². The van der Waals surface area contributed by atoms with E-state index in [4.69, 9.17) is 0 Å². The number of rotatable bonds is 17. The molecule has 0 aliphatic heterocycles. The highest BCUT2D eigenvalue weighted by Crippen LogP contribution is 2.20. The first-order chi connectivity index (χ1) is 12.3. The second kappa shape index (κ2) is 16.6. The lowest BCUT2D eigenvalue weighted by atomic mass is 10.0. The minimum absolute atomic E-state index is 0.275. The minimum Gasteiger partial charge on any atom is -0.388 e. The lowest BCUT2D eigenvalue weighted by molar-refractivity contribution is 0.163. The van der Waals surface area contributed by atoms with Crippen LogP contribution in [0.2, 0.25) is 0 Å². The van der Waals surface area contributed by atoms with Gasteiger partial charge in [0, 0.05) is 0 Å². The first-order valence-corrected chi connectivity index (χ1v) is 11.1. The average Bonchev–Trinajstić information content (AvgIpc) is 2.65. The van der Waals surface area contributed by atoms with E-state index in [1.165, 1.54) is 89.9 Å². The van der Waals surface area contributed by atoms with Gasteiger partial charge in [-0.2, -0.15) is 0 Å². The van der Waals surface area contributed by atoms with Crippen LogP contribution in [0.4, 0.5) is 0 Å². The van der Waals surface area contributed by atoms with Gasteiger partial charge in [0.25, 0.3) is 0 Å². The zero-order chi connectivity index (χ0) is 18.0. The summed E-state index contributed by atoms with van der Waals surface area (Å²) < 4.78 is 0. The summed E-state index contributed by atoms with van der Waals surface area (Å²) in [5.74, 6) is 0. The van der Waals surface area contributed by atoms with Crippen molar-refractivity contribution in [3.05, 3.63) is 35.9 Å². The lowest BCUT2D eigenvalue weighted by Crippen LogP contribution is -1.96. The third-order valence-electron chi connectivity index (χ3n) is 5.27. The molecule has 0 aliphatic carbocycles. The van der Waals surface area contributed by atoms with Gasteiger partial charge in [-0.3, -0.25) is 0 Å². The Bertz CT molecular complexity index is 373. The number of aliphatic hydroxyl groups excluding tert-OH is 1. The second-order valence-electron chi connectivity index (χ2n) is 7.66. The van der Waals surface area contributed by atoms with E-state index < -0.39 is 0 Å². The molecule has 1 heteroatoms. The molecule has 1 rings (SSSR count). The summed E-state index contributed by atoms with van der Waals surface area (Å²) in [5, 5.41) is 10.1. The summed E-state index contributed by atoms with van der Waals surface area (Å²) in [5.41, 5.74) is 1.06. The molecule has 1 atom stereocenters. The predicted octanol–water partition coefficient (Wildman–Crippen LogP) is 7.98. The summed E-state index contributed by atoms with van der Waals surface area (Å²) in [6, 6.07) is 10.1. The highest BCUT2D eigenvalue weighted by Gasteiger charge is 2.05. The summed E-state index contributed by atoms with van der Waals surface area (Å²) >= 11 is 0. The molecule has 1 nitrogen and oxygen atoms in total. The lowest BCUT2D eigenvalue weighted by Gasteiger charge is -2.10. The van der Waals surface area contributed by atoms with Gasteiger partial charge in [0.15, 0.2) is 0 Å². The molecule has 1 aromatic carbocycles. The van der Waals surface area contributed by atoms with Crippen LogP contribution in [0.1, 0.15) is 121 Å². The maximum absolute atomic E-state index is 10.1. The fraction of sp³-hybridized carbons (Fsp3) is 0.750. The molecule has 0 saturated heterocycles. The second-order valence-corrected chi connectivity index (χ2v) is 7.66. The highest BCUT2D eigenvalue weighted by molar-refractivity contribution is 5.16. The van der Waals surface area contributed by atoms with Crippen LogP contribution in [0.25, 0.3) is 0 Å². The summed E-state index contributed by atoms with van der Waals surface area (Å²) in [6.07, 6.45) is 21.5. The van der Waals surface area contributed by atoms with Crippen molar-refractivity contribution >= 4 is 0 Å². The van der Waals surface area contributed by atoms with Gasteiger partial charge in [-0.05, 0) is 12.0 Å². The van der Waals surface area contributed by atoms with Gasteiger partial charge in [-0.1, -0.05) is 134 Å². The molecule has 1 aromatic rings. The van der Waals surface area contributed by atoms with E-state index >= 15 is 0 Å². The monoisotopic (exact) mass is 346 g/mol. The maximum atomic E-state index is 10.1. The summed E-state index contributed by atoms with van der Waals surface area (Å²) in [4.78, 5) is 0. The quantitative estimate of drug-likeness (QED) is 0.283. The maximum Gasteiger partial charge on any atom is 0.0790 e. The number of unbranched alkanes of at least 4 members (excludes halogenated alkanes) is 14. The summed E-state index contributed by atoms with van der Waals surface area (Å²) in [7, 11) is 0. The number of hydrogen-bond donors (Lipinski definition) is 1. The first kappa shape index (κ1) is 22.2. The zero-order valence-electron chi connectivity index (χ0n) is 16.7. The fourth-order valence-corrected chi connectivity index (χ4v) is 3.55. The van der Waals surface area contributed by atoms with E-state index in [1.54, 1.807) is 0 Å². The van der Waals surface area contributed by atoms with Gasteiger partial charge in [0.1, 0.15) is 0 Å². The normalized spacial score (nSPS) is 12.4. The SMILES string of the molecule is CCCCCCCCCCCCCCCCCC(O)c1ccccc1. The minimum atomic E-state index is -0.275. The number of hydrogen-bond acceptors (Lipinski definition) is 1. The molecule has 0 fully saturated rings. The average molecular weight is 347 g/mol. The molecular formula is C24H42O. The van der Waals surface area contributed by atoms with Crippen molar-refractivity contribution in [3.63, 3.8) is 0 Å². The van der Waals surface area contributed by atoms with E-state index in [0.29, 0.717) is 0 Å². The van der Waals surface area contributed by atoms with Gasteiger partial charge in [0.05, 0.1) is 6.10 Å². The molecule has 0 aromatic heterocycles. The van der Waals surface area contributed by atoms with Gasteiger partial charge in [0.2, 0.25) is 0 Å². The van der Waals surface area contributed by atoms with Gasteiger partial charge < -0.3 is 5.11 Å². The van der Waals surface area contributed by atoms with Crippen LogP contribution < -0.4 is 0 Å². The molecule has 25 heavy (non-hydrogen) atoms. The van der Waals surface area contributed by atoms with Crippen LogP contribution in [0, 0.1) is 0 Å². The molecule has 0 heterocycles.